The zero-order valence-electron chi connectivity index (χ0n) is 15.0. The molecule has 138 valence electrons. The monoisotopic (exact) mass is 348 g/mol. The van der Waals surface area contributed by atoms with Crippen molar-refractivity contribution in [3.8, 4) is 11.5 Å². The Morgan fingerprint density at radius 1 is 1.32 bits per heavy atom. The molecule has 2 rings (SSSR count). The number of hydrogen-bond donors (Lipinski definition) is 3. The maximum absolute atomic E-state index is 12.4. The number of likely N-dealkylation sites (tertiary alicyclic amines) is 1. The average Bonchev–Trinajstić information content (AvgIpc) is 2.63. The second-order valence-corrected chi connectivity index (χ2v) is 6.80. The second kappa shape index (κ2) is 8.74. The van der Waals surface area contributed by atoms with Crippen LogP contribution >= 0.6 is 0 Å². The van der Waals surface area contributed by atoms with Gasteiger partial charge in [0, 0.05) is 25.6 Å². The van der Waals surface area contributed by atoms with Crippen molar-refractivity contribution in [2.24, 2.45) is 11.8 Å². The molecule has 3 N–H and O–H groups in total. The van der Waals surface area contributed by atoms with E-state index in [2.05, 4.69) is 5.32 Å². The average molecular weight is 348 g/mol. The zero-order chi connectivity index (χ0) is 18.4. The molecule has 1 saturated heterocycles. The Balaban J connectivity index is 1.81. The van der Waals surface area contributed by atoms with E-state index in [0.29, 0.717) is 19.5 Å². The molecule has 0 bridgehead atoms. The molecule has 1 aromatic rings. The van der Waals surface area contributed by atoms with Crippen LogP contribution in [0.5, 0.6) is 11.5 Å². The number of rotatable bonds is 6. The van der Waals surface area contributed by atoms with E-state index in [1.807, 2.05) is 18.7 Å². The molecule has 2 atom stereocenters. The first-order chi connectivity index (χ1) is 11.9. The van der Waals surface area contributed by atoms with Crippen LogP contribution in [-0.4, -0.2) is 46.6 Å². The van der Waals surface area contributed by atoms with E-state index < -0.39 is 0 Å². The van der Waals surface area contributed by atoms with Crippen LogP contribution in [0.4, 0.5) is 0 Å². The standard InChI is InChI=1S/C19H28N2O4/c1-3-13(2)19(25)21-10-4-5-15(12-21)18(24)20-9-8-14-6-7-16(22)17(23)11-14/h6-7,11,13,15,22-23H,3-5,8-10,12H2,1-2H3,(H,20,24)/t13-,15+/m1/s1. The number of phenols is 2. The lowest BCUT2D eigenvalue weighted by molar-refractivity contribution is -0.138. The van der Waals surface area contributed by atoms with Crippen molar-refractivity contribution in [2.75, 3.05) is 19.6 Å². The van der Waals surface area contributed by atoms with Gasteiger partial charge in [0.15, 0.2) is 11.5 Å². The normalized spacial score (nSPS) is 18.6. The third-order valence-corrected chi connectivity index (χ3v) is 4.89. The summed E-state index contributed by atoms with van der Waals surface area (Å²) in [4.78, 5) is 26.5. The van der Waals surface area contributed by atoms with Crippen LogP contribution in [-0.2, 0) is 16.0 Å². The van der Waals surface area contributed by atoms with Crippen molar-refractivity contribution in [3.05, 3.63) is 23.8 Å². The van der Waals surface area contributed by atoms with E-state index >= 15 is 0 Å². The van der Waals surface area contributed by atoms with Gasteiger partial charge in [0.05, 0.1) is 5.92 Å². The lowest BCUT2D eigenvalue weighted by Gasteiger charge is -2.33. The molecule has 6 heteroatoms. The van der Waals surface area contributed by atoms with Gasteiger partial charge in [-0.15, -0.1) is 0 Å². The fraction of sp³-hybridized carbons (Fsp3) is 0.579. The Morgan fingerprint density at radius 2 is 2.08 bits per heavy atom. The Hall–Kier alpha value is -2.24. The predicted molar refractivity (Wildman–Crippen MR) is 95.2 cm³/mol. The van der Waals surface area contributed by atoms with Crippen molar-refractivity contribution in [3.63, 3.8) is 0 Å². The van der Waals surface area contributed by atoms with Crippen molar-refractivity contribution in [2.45, 2.75) is 39.5 Å². The Morgan fingerprint density at radius 3 is 2.76 bits per heavy atom. The molecule has 2 amide bonds. The molecular weight excluding hydrogens is 320 g/mol. The topological polar surface area (TPSA) is 89.9 Å². The summed E-state index contributed by atoms with van der Waals surface area (Å²) in [5.41, 5.74) is 0.841. The van der Waals surface area contributed by atoms with Gasteiger partial charge in [-0.2, -0.15) is 0 Å². The molecule has 6 nitrogen and oxygen atoms in total. The summed E-state index contributed by atoms with van der Waals surface area (Å²) >= 11 is 0. The molecule has 0 radical (unpaired) electrons. The molecule has 0 spiro atoms. The predicted octanol–water partition coefficient (Wildman–Crippen LogP) is 2.04. The van der Waals surface area contributed by atoms with Crippen molar-refractivity contribution >= 4 is 11.8 Å². The smallest absolute Gasteiger partial charge is 0.225 e. The van der Waals surface area contributed by atoms with Gasteiger partial charge in [-0.05, 0) is 43.4 Å². The van der Waals surface area contributed by atoms with E-state index in [-0.39, 0.29) is 35.1 Å². The van der Waals surface area contributed by atoms with Gasteiger partial charge in [-0.3, -0.25) is 9.59 Å². The van der Waals surface area contributed by atoms with Crippen molar-refractivity contribution in [1.82, 2.24) is 10.2 Å². The molecule has 0 unspecified atom stereocenters. The van der Waals surface area contributed by atoms with E-state index in [1.54, 1.807) is 6.07 Å². The minimum atomic E-state index is -0.157. The lowest BCUT2D eigenvalue weighted by atomic mass is 9.95. The molecule has 0 aromatic heterocycles. The summed E-state index contributed by atoms with van der Waals surface area (Å²) in [5, 5.41) is 21.7. The molecule has 1 aliphatic heterocycles. The number of carbonyl (C=O) groups is 2. The highest BCUT2D eigenvalue weighted by Gasteiger charge is 2.29. The maximum atomic E-state index is 12.4. The minimum Gasteiger partial charge on any atom is -0.504 e. The van der Waals surface area contributed by atoms with Gasteiger partial charge >= 0.3 is 0 Å². The van der Waals surface area contributed by atoms with Gasteiger partial charge < -0.3 is 20.4 Å². The molecule has 1 fully saturated rings. The molecule has 1 aliphatic rings. The molecule has 25 heavy (non-hydrogen) atoms. The lowest BCUT2D eigenvalue weighted by Crippen LogP contribution is -2.47. The number of aromatic hydroxyl groups is 2. The van der Waals surface area contributed by atoms with Crippen molar-refractivity contribution < 1.29 is 19.8 Å². The largest absolute Gasteiger partial charge is 0.504 e. The SMILES string of the molecule is CC[C@@H](C)C(=O)N1CCC[C@H](C(=O)NCCc2ccc(O)c(O)c2)C1. The molecule has 0 saturated carbocycles. The zero-order valence-corrected chi connectivity index (χ0v) is 15.0. The second-order valence-electron chi connectivity index (χ2n) is 6.80. The first-order valence-electron chi connectivity index (χ1n) is 8.99. The maximum Gasteiger partial charge on any atom is 0.225 e. The van der Waals surface area contributed by atoms with Crippen LogP contribution in [0.15, 0.2) is 18.2 Å². The van der Waals surface area contributed by atoms with Crippen LogP contribution in [0, 0.1) is 11.8 Å². The van der Waals surface area contributed by atoms with Crippen LogP contribution in [0.2, 0.25) is 0 Å². The quantitative estimate of drug-likeness (QED) is 0.686. The first kappa shape index (κ1) is 19.1. The van der Waals surface area contributed by atoms with Gasteiger partial charge in [0.1, 0.15) is 0 Å². The number of piperidine rings is 1. The first-order valence-corrected chi connectivity index (χ1v) is 8.99. The number of phenolic OH excluding ortho intramolecular Hbond substituents is 2. The number of hydrogen-bond acceptors (Lipinski definition) is 4. The minimum absolute atomic E-state index is 0.00369. The number of nitrogens with zero attached hydrogens (tertiary/aromatic N) is 1. The Kier molecular flexibility index (Phi) is 6.67. The summed E-state index contributed by atoms with van der Waals surface area (Å²) in [7, 11) is 0. The summed E-state index contributed by atoms with van der Waals surface area (Å²) in [6, 6.07) is 4.65. The van der Waals surface area contributed by atoms with Crippen LogP contribution in [0.25, 0.3) is 0 Å². The van der Waals surface area contributed by atoms with E-state index in [4.69, 9.17) is 0 Å². The van der Waals surface area contributed by atoms with Crippen molar-refractivity contribution in [1.29, 1.82) is 0 Å². The number of carbonyl (C=O) groups excluding carboxylic acids is 2. The van der Waals surface area contributed by atoms with Gasteiger partial charge in [0.25, 0.3) is 0 Å². The Labute approximate surface area is 148 Å². The van der Waals surface area contributed by atoms with E-state index in [1.165, 1.54) is 12.1 Å². The van der Waals surface area contributed by atoms with Gasteiger partial charge in [0.2, 0.25) is 11.8 Å². The summed E-state index contributed by atoms with van der Waals surface area (Å²) in [5.74, 6) is -0.348. The van der Waals surface area contributed by atoms with Crippen LogP contribution in [0.3, 0.4) is 0 Å². The molecular formula is C19H28N2O4. The summed E-state index contributed by atoms with van der Waals surface area (Å²) in [6.45, 7) is 5.62. The van der Waals surface area contributed by atoms with E-state index in [9.17, 15) is 19.8 Å². The summed E-state index contributed by atoms with van der Waals surface area (Å²) < 4.78 is 0. The fourth-order valence-electron chi connectivity index (χ4n) is 3.08. The van der Waals surface area contributed by atoms with Gasteiger partial charge in [-0.25, -0.2) is 0 Å². The third kappa shape index (κ3) is 5.11. The number of benzene rings is 1. The highest BCUT2D eigenvalue weighted by Crippen LogP contribution is 2.25. The highest BCUT2D eigenvalue weighted by atomic mass is 16.3. The molecule has 0 aliphatic carbocycles. The number of nitrogens with one attached hydrogen (secondary N) is 1. The van der Waals surface area contributed by atoms with Crippen LogP contribution in [0.1, 0.15) is 38.7 Å². The van der Waals surface area contributed by atoms with E-state index in [0.717, 1.165) is 31.4 Å². The summed E-state index contributed by atoms with van der Waals surface area (Å²) in [6.07, 6.45) is 3.04. The third-order valence-electron chi connectivity index (χ3n) is 4.89. The fourth-order valence-corrected chi connectivity index (χ4v) is 3.08. The van der Waals surface area contributed by atoms with Crippen LogP contribution < -0.4 is 5.32 Å². The number of amides is 2. The van der Waals surface area contributed by atoms with Gasteiger partial charge in [-0.1, -0.05) is 19.9 Å². The Bertz CT molecular complexity index is 617. The molecule has 1 aromatic carbocycles. The molecule has 1 heterocycles. The highest BCUT2D eigenvalue weighted by molar-refractivity contribution is 5.82.